The average Bonchev–Trinajstić information content (AvgIpc) is 2.24. The Morgan fingerprint density at radius 2 is 1.88 bits per heavy atom. The van der Waals surface area contributed by atoms with Crippen LogP contribution in [0.3, 0.4) is 0 Å². The first-order chi connectivity index (χ1) is 7.65. The van der Waals surface area contributed by atoms with Crippen molar-refractivity contribution in [3.8, 4) is 0 Å². The quantitative estimate of drug-likeness (QED) is 0.760. The van der Waals surface area contributed by atoms with Crippen LogP contribution in [0.4, 0.5) is 0 Å². The molecule has 0 heterocycles. The first-order valence-corrected chi connectivity index (χ1v) is 6.44. The molecule has 1 aromatic rings. The van der Waals surface area contributed by atoms with Crippen LogP contribution in [0.1, 0.15) is 50.8 Å². The van der Waals surface area contributed by atoms with Gasteiger partial charge >= 0.3 is 0 Å². The van der Waals surface area contributed by atoms with E-state index < -0.39 is 0 Å². The van der Waals surface area contributed by atoms with Crippen molar-refractivity contribution in [2.45, 2.75) is 46.6 Å². The van der Waals surface area contributed by atoms with Crippen LogP contribution < -0.4 is 5.32 Å². The monoisotopic (exact) mass is 219 g/mol. The summed E-state index contributed by atoms with van der Waals surface area (Å²) in [4.78, 5) is 0. The summed E-state index contributed by atoms with van der Waals surface area (Å²) in [6.07, 6.45) is 2.41. The molecule has 1 rings (SSSR count). The summed E-state index contributed by atoms with van der Waals surface area (Å²) in [6, 6.07) is 9.23. The van der Waals surface area contributed by atoms with Crippen LogP contribution in [0.15, 0.2) is 24.3 Å². The fraction of sp³-hybridized carbons (Fsp3) is 0.600. The van der Waals surface area contributed by atoms with Gasteiger partial charge in [-0.05, 0) is 43.4 Å². The van der Waals surface area contributed by atoms with E-state index in [1.807, 2.05) is 0 Å². The fourth-order valence-corrected chi connectivity index (χ4v) is 2.09. The van der Waals surface area contributed by atoms with E-state index in [1.165, 1.54) is 24.0 Å². The molecule has 0 spiro atoms. The number of aryl methyl sites for hydroxylation is 1. The third-order valence-electron chi connectivity index (χ3n) is 2.91. The van der Waals surface area contributed by atoms with Crippen LogP contribution in [-0.2, 0) is 0 Å². The molecule has 0 amide bonds. The summed E-state index contributed by atoms with van der Waals surface area (Å²) in [7, 11) is 0. The van der Waals surface area contributed by atoms with Gasteiger partial charge in [-0.15, -0.1) is 0 Å². The van der Waals surface area contributed by atoms with Gasteiger partial charge in [0.05, 0.1) is 0 Å². The molecule has 0 bridgehead atoms. The molecule has 0 aliphatic heterocycles. The van der Waals surface area contributed by atoms with Gasteiger partial charge in [0.25, 0.3) is 0 Å². The Morgan fingerprint density at radius 3 is 2.44 bits per heavy atom. The van der Waals surface area contributed by atoms with Gasteiger partial charge in [0.15, 0.2) is 0 Å². The molecular weight excluding hydrogens is 194 g/mol. The van der Waals surface area contributed by atoms with Crippen LogP contribution in [0.25, 0.3) is 0 Å². The van der Waals surface area contributed by atoms with Crippen LogP contribution in [-0.4, -0.2) is 6.54 Å². The third-order valence-corrected chi connectivity index (χ3v) is 2.91. The molecule has 1 aromatic carbocycles. The lowest BCUT2D eigenvalue weighted by atomic mass is 9.94. The second-order valence-corrected chi connectivity index (χ2v) is 4.99. The number of benzene rings is 1. The number of hydrogen-bond acceptors (Lipinski definition) is 1. The largest absolute Gasteiger partial charge is 0.310 e. The Bertz CT molecular complexity index is 304. The zero-order valence-corrected chi connectivity index (χ0v) is 11.1. The van der Waals surface area contributed by atoms with E-state index in [1.54, 1.807) is 0 Å². The molecule has 0 saturated heterocycles. The van der Waals surface area contributed by atoms with E-state index in [0.717, 1.165) is 12.5 Å². The summed E-state index contributed by atoms with van der Waals surface area (Å²) in [5.74, 6) is 0.731. The topological polar surface area (TPSA) is 12.0 Å². The zero-order chi connectivity index (χ0) is 12.0. The normalized spacial score (nSPS) is 13.1. The van der Waals surface area contributed by atoms with Gasteiger partial charge in [-0.2, -0.15) is 0 Å². The standard InChI is InChI=1S/C15H25N/c1-5-10-16-15(11-12(2)3)14-9-7-6-8-13(14)4/h6-9,12,15-16H,5,10-11H2,1-4H3. The predicted molar refractivity (Wildman–Crippen MR) is 71.7 cm³/mol. The van der Waals surface area contributed by atoms with Gasteiger partial charge in [-0.3, -0.25) is 0 Å². The Hall–Kier alpha value is -0.820. The second kappa shape index (κ2) is 6.70. The summed E-state index contributed by atoms with van der Waals surface area (Å²) in [5.41, 5.74) is 2.86. The summed E-state index contributed by atoms with van der Waals surface area (Å²) < 4.78 is 0. The molecule has 0 aliphatic rings. The van der Waals surface area contributed by atoms with Crippen LogP contribution in [0, 0.1) is 12.8 Å². The Morgan fingerprint density at radius 1 is 1.19 bits per heavy atom. The molecule has 0 aromatic heterocycles. The highest BCUT2D eigenvalue weighted by Gasteiger charge is 2.13. The Balaban J connectivity index is 2.78. The molecule has 0 fully saturated rings. The van der Waals surface area contributed by atoms with Crippen molar-refractivity contribution < 1.29 is 0 Å². The maximum Gasteiger partial charge on any atom is 0.0325 e. The van der Waals surface area contributed by atoms with Gasteiger partial charge in [-0.1, -0.05) is 45.0 Å². The van der Waals surface area contributed by atoms with Gasteiger partial charge < -0.3 is 5.32 Å². The van der Waals surface area contributed by atoms with E-state index in [-0.39, 0.29) is 0 Å². The molecule has 1 nitrogen and oxygen atoms in total. The predicted octanol–water partition coefficient (Wildman–Crippen LogP) is 4.08. The molecule has 0 saturated carbocycles. The van der Waals surface area contributed by atoms with Crippen molar-refractivity contribution in [2.75, 3.05) is 6.54 Å². The highest BCUT2D eigenvalue weighted by atomic mass is 14.9. The van der Waals surface area contributed by atoms with E-state index in [4.69, 9.17) is 0 Å². The fourth-order valence-electron chi connectivity index (χ4n) is 2.09. The summed E-state index contributed by atoms with van der Waals surface area (Å²) in [5, 5.41) is 3.66. The first kappa shape index (κ1) is 13.2. The van der Waals surface area contributed by atoms with Crippen molar-refractivity contribution in [2.24, 2.45) is 5.92 Å². The number of hydrogen-bond donors (Lipinski definition) is 1. The molecular formula is C15H25N. The van der Waals surface area contributed by atoms with Crippen molar-refractivity contribution in [1.29, 1.82) is 0 Å². The van der Waals surface area contributed by atoms with E-state index >= 15 is 0 Å². The lowest BCUT2D eigenvalue weighted by Crippen LogP contribution is -2.24. The molecule has 1 N–H and O–H groups in total. The number of nitrogens with one attached hydrogen (secondary N) is 1. The average molecular weight is 219 g/mol. The number of rotatable bonds is 6. The third kappa shape index (κ3) is 3.97. The second-order valence-electron chi connectivity index (χ2n) is 4.99. The van der Waals surface area contributed by atoms with Crippen molar-refractivity contribution in [3.63, 3.8) is 0 Å². The minimum atomic E-state index is 0.515. The molecule has 0 radical (unpaired) electrons. The molecule has 90 valence electrons. The van der Waals surface area contributed by atoms with Crippen molar-refractivity contribution in [1.82, 2.24) is 5.32 Å². The van der Waals surface area contributed by atoms with Gasteiger partial charge in [-0.25, -0.2) is 0 Å². The van der Waals surface area contributed by atoms with E-state index in [0.29, 0.717) is 6.04 Å². The van der Waals surface area contributed by atoms with Crippen LogP contribution in [0.2, 0.25) is 0 Å². The minimum absolute atomic E-state index is 0.515. The van der Waals surface area contributed by atoms with Crippen molar-refractivity contribution >= 4 is 0 Å². The lowest BCUT2D eigenvalue weighted by Gasteiger charge is -2.22. The maximum atomic E-state index is 3.66. The van der Waals surface area contributed by atoms with Crippen molar-refractivity contribution in [3.05, 3.63) is 35.4 Å². The van der Waals surface area contributed by atoms with Gasteiger partial charge in [0, 0.05) is 6.04 Å². The molecule has 16 heavy (non-hydrogen) atoms. The summed E-state index contributed by atoms with van der Waals surface area (Å²) in [6.45, 7) is 10.1. The molecule has 1 heteroatoms. The molecule has 0 aliphatic carbocycles. The van der Waals surface area contributed by atoms with Gasteiger partial charge in [0.1, 0.15) is 0 Å². The summed E-state index contributed by atoms with van der Waals surface area (Å²) >= 11 is 0. The first-order valence-electron chi connectivity index (χ1n) is 6.44. The Labute approximate surface area is 100 Å². The lowest BCUT2D eigenvalue weighted by molar-refractivity contribution is 0.429. The maximum absolute atomic E-state index is 3.66. The SMILES string of the molecule is CCCNC(CC(C)C)c1ccccc1C. The van der Waals surface area contributed by atoms with Crippen LogP contribution in [0.5, 0.6) is 0 Å². The highest BCUT2D eigenvalue weighted by molar-refractivity contribution is 5.28. The van der Waals surface area contributed by atoms with Crippen LogP contribution >= 0.6 is 0 Å². The van der Waals surface area contributed by atoms with Gasteiger partial charge in [0.2, 0.25) is 0 Å². The van der Waals surface area contributed by atoms with E-state index in [2.05, 4.69) is 57.3 Å². The smallest absolute Gasteiger partial charge is 0.0325 e. The minimum Gasteiger partial charge on any atom is -0.310 e. The Kier molecular flexibility index (Phi) is 5.54. The van der Waals surface area contributed by atoms with E-state index in [9.17, 15) is 0 Å². The molecule has 1 unspecified atom stereocenters. The zero-order valence-electron chi connectivity index (χ0n) is 11.1. The highest BCUT2D eigenvalue weighted by Crippen LogP contribution is 2.23. The molecule has 1 atom stereocenters.